The Bertz CT molecular complexity index is 220. The largest absolute Gasteiger partial charge is 0.461 e. The van der Waals surface area contributed by atoms with Gasteiger partial charge in [-0.2, -0.15) is 0 Å². The van der Waals surface area contributed by atoms with E-state index in [1.54, 1.807) is 13.8 Å². The zero-order chi connectivity index (χ0) is 11.5. The van der Waals surface area contributed by atoms with Crippen LogP contribution in [0.5, 0.6) is 0 Å². The van der Waals surface area contributed by atoms with Gasteiger partial charge in [0, 0.05) is 0 Å². The first-order valence-electron chi connectivity index (χ1n) is 5.95. The summed E-state index contributed by atoms with van der Waals surface area (Å²) in [7, 11) is 0. The van der Waals surface area contributed by atoms with Crippen molar-refractivity contribution in [2.24, 2.45) is 11.7 Å². The molecule has 2 atom stereocenters. The smallest absolute Gasteiger partial charge is 0.325 e. The Labute approximate surface area is 92.4 Å². The zero-order valence-electron chi connectivity index (χ0n) is 10.1. The van der Waals surface area contributed by atoms with E-state index >= 15 is 0 Å². The molecule has 0 radical (unpaired) electrons. The molecule has 1 saturated carbocycles. The van der Waals surface area contributed by atoms with Gasteiger partial charge in [-0.15, -0.1) is 0 Å². The molecule has 1 aliphatic carbocycles. The fourth-order valence-electron chi connectivity index (χ4n) is 2.09. The van der Waals surface area contributed by atoms with E-state index in [1.807, 2.05) is 0 Å². The van der Waals surface area contributed by atoms with Gasteiger partial charge >= 0.3 is 5.97 Å². The van der Waals surface area contributed by atoms with Crippen LogP contribution in [0.2, 0.25) is 0 Å². The van der Waals surface area contributed by atoms with Gasteiger partial charge in [0.25, 0.3) is 0 Å². The maximum absolute atomic E-state index is 11.6. The first kappa shape index (κ1) is 12.5. The molecule has 0 aliphatic heterocycles. The lowest BCUT2D eigenvalue weighted by molar-refractivity contribution is -0.159. The highest BCUT2D eigenvalue weighted by Crippen LogP contribution is 2.29. The summed E-state index contributed by atoms with van der Waals surface area (Å²) < 4.78 is 5.50. The molecule has 1 rings (SSSR count). The second-order valence-electron chi connectivity index (χ2n) is 5.12. The van der Waals surface area contributed by atoms with Crippen molar-refractivity contribution in [1.82, 2.24) is 0 Å². The number of carbonyl (C=O) groups is 1. The van der Waals surface area contributed by atoms with Crippen LogP contribution >= 0.6 is 0 Å². The minimum Gasteiger partial charge on any atom is -0.461 e. The third-order valence-corrected chi connectivity index (χ3v) is 3.15. The molecule has 2 unspecified atom stereocenters. The van der Waals surface area contributed by atoms with Crippen LogP contribution in [0.4, 0.5) is 0 Å². The van der Waals surface area contributed by atoms with Gasteiger partial charge in [0.15, 0.2) is 0 Å². The third kappa shape index (κ3) is 3.49. The van der Waals surface area contributed by atoms with Crippen LogP contribution in [0.3, 0.4) is 0 Å². The summed E-state index contributed by atoms with van der Waals surface area (Å²) in [5.41, 5.74) is 4.84. The standard InChI is InChI=1S/C12H23NO2/c1-4-9-7-5-6-8-10(9)15-11(14)12(2,3)13/h9-10H,4-8,13H2,1-3H3. The number of nitrogens with two attached hydrogens (primary N) is 1. The highest BCUT2D eigenvalue weighted by Gasteiger charge is 2.31. The van der Waals surface area contributed by atoms with E-state index in [9.17, 15) is 4.79 Å². The number of carbonyl (C=O) groups excluding carboxylic acids is 1. The summed E-state index contributed by atoms with van der Waals surface area (Å²) in [5, 5.41) is 0. The lowest BCUT2D eigenvalue weighted by Crippen LogP contribution is -2.45. The Morgan fingerprint density at radius 1 is 1.40 bits per heavy atom. The van der Waals surface area contributed by atoms with Crippen molar-refractivity contribution in [3.8, 4) is 0 Å². The van der Waals surface area contributed by atoms with Crippen molar-refractivity contribution in [1.29, 1.82) is 0 Å². The van der Waals surface area contributed by atoms with Crippen LogP contribution in [0.15, 0.2) is 0 Å². The normalized spacial score (nSPS) is 27.5. The molecule has 0 spiro atoms. The highest BCUT2D eigenvalue weighted by atomic mass is 16.5. The molecule has 0 amide bonds. The van der Waals surface area contributed by atoms with Gasteiger partial charge in [-0.3, -0.25) is 4.79 Å². The minimum absolute atomic E-state index is 0.0964. The third-order valence-electron chi connectivity index (χ3n) is 3.15. The summed E-state index contributed by atoms with van der Waals surface area (Å²) in [5.74, 6) is 0.262. The maximum Gasteiger partial charge on any atom is 0.325 e. The molecule has 2 N–H and O–H groups in total. The monoisotopic (exact) mass is 213 g/mol. The first-order chi connectivity index (χ1) is 6.95. The van der Waals surface area contributed by atoms with Crippen LogP contribution in [0.25, 0.3) is 0 Å². The molecule has 0 aromatic rings. The predicted octanol–water partition coefficient (Wildman–Crippen LogP) is 2.24. The SMILES string of the molecule is CCC1CCCCC1OC(=O)C(C)(C)N. The van der Waals surface area contributed by atoms with E-state index in [0.29, 0.717) is 5.92 Å². The summed E-state index contributed by atoms with van der Waals surface area (Å²) in [6.07, 6.45) is 5.79. The van der Waals surface area contributed by atoms with Gasteiger partial charge in [0.2, 0.25) is 0 Å². The summed E-state index contributed by atoms with van der Waals surface area (Å²) in [6, 6.07) is 0. The van der Waals surface area contributed by atoms with Crippen molar-refractivity contribution in [3.05, 3.63) is 0 Å². The Morgan fingerprint density at radius 3 is 2.53 bits per heavy atom. The average molecular weight is 213 g/mol. The van der Waals surface area contributed by atoms with Crippen molar-refractivity contribution in [3.63, 3.8) is 0 Å². The molecule has 88 valence electrons. The van der Waals surface area contributed by atoms with Gasteiger partial charge in [-0.05, 0) is 45.4 Å². The highest BCUT2D eigenvalue weighted by molar-refractivity contribution is 5.79. The molecule has 3 nitrogen and oxygen atoms in total. The van der Waals surface area contributed by atoms with Crippen molar-refractivity contribution in [2.75, 3.05) is 0 Å². The molecule has 3 heteroatoms. The maximum atomic E-state index is 11.6. The number of hydrogen-bond donors (Lipinski definition) is 1. The van der Waals surface area contributed by atoms with Gasteiger partial charge < -0.3 is 10.5 Å². The second kappa shape index (κ2) is 4.97. The Morgan fingerprint density at radius 2 is 2.00 bits per heavy atom. The van der Waals surface area contributed by atoms with Crippen molar-refractivity contribution in [2.45, 2.75) is 64.5 Å². The van der Waals surface area contributed by atoms with Crippen LogP contribution < -0.4 is 5.73 Å². The first-order valence-corrected chi connectivity index (χ1v) is 5.95. The molecular weight excluding hydrogens is 190 g/mol. The van der Waals surface area contributed by atoms with E-state index in [2.05, 4.69) is 6.92 Å². The summed E-state index contributed by atoms with van der Waals surface area (Å²) >= 11 is 0. The number of rotatable bonds is 3. The number of ether oxygens (including phenoxy) is 1. The molecule has 0 aromatic carbocycles. The van der Waals surface area contributed by atoms with Crippen LogP contribution in [-0.2, 0) is 9.53 Å². The Kier molecular flexibility index (Phi) is 4.14. The van der Waals surface area contributed by atoms with Crippen LogP contribution in [-0.4, -0.2) is 17.6 Å². The molecule has 0 saturated heterocycles. The van der Waals surface area contributed by atoms with Crippen LogP contribution in [0, 0.1) is 5.92 Å². The number of esters is 1. The van der Waals surface area contributed by atoms with Gasteiger partial charge in [-0.25, -0.2) is 0 Å². The Balaban J connectivity index is 2.52. The van der Waals surface area contributed by atoms with Crippen molar-refractivity contribution >= 4 is 5.97 Å². The van der Waals surface area contributed by atoms with Gasteiger partial charge in [0.05, 0.1) is 0 Å². The summed E-state index contributed by atoms with van der Waals surface area (Å²) in [4.78, 5) is 11.6. The summed E-state index contributed by atoms with van der Waals surface area (Å²) in [6.45, 7) is 5.54. The predicted molar refractivity (Wildman–Crippen MR) is 60.4 cm³/mol. The number of hydrogen-bond acceptors (Lipinski definition) is 3. The molecule has 15 heavy (non-hydrogen) atoms. The Hall–Kier alpha value is -0.570. The molecule has 1 fully saturated rings. The van der Waals surface area contributed by atoms with Crippen molar-refractivity contribution < 1.29 is 9.53 Å². The molecule has 0 heterocycles. The second-order valence-corrected chi connectivity index (χ2v) is 5.12. The van der Waals surface area contributed by atoms with E-state index in [1.165, 1.54) is 19.3 Å². The fourth-order valence-corrected chi connectivity index (χ4v) is 2.09. The molecular formula is C12H23NO2. The fraction of sp³-hybridized carbons (Fsp3) is 0.917. The van der Waals surface area contributed by atoms with E-state index in [0.717, 1.165) is 12.8 Å². The van der Waals surface area contributed by atoms with E-state index in [4.69, 9.17) is 10.5 Å². The molecule has 1 aliphatic rings. The lowest BCUT2D eigenvalue weighted by atomic mass is 9.84. The molecule has 0 aromatic heterocycles. The minimum atomic E-state index is -0.865. The lowest BCUT2D eigenvalue weighted by Gasteiger charge is -2.32. The van der Waals surface area contributed by atoms with Gasteiger partial charge in [0.1, 0.15) is 11.6 Å². The molecule has 0 bridgehead atoms. The average Bonchev–Trinajstić information content (AvgIpc) is 2.17. The quantitative estimate of drug-likeness (QED) is 0.731. The topological polar surface area (TPSA) is 52.3 Å². The van der Waals surface area contributed by atoms with Crippen LogP contribution in [0.1, 0.15) is 52.9 Å². The van der Waals surface area contributed by atoms with E-state index < -0.39 is 5.54 Å². The zero-order valence-corrected chi connectivity index (χ0v) is 10.1. The van der Waals surface area contributed by atoms with E-state index in [-0.39, 0.29) is 12.1 Å². The van der Waals surface area contributed by atoms with Gasteiger partial charge in [-0.1, -0.05) is 13.3 Å².